The largest absolute Gasteiger partial charge is 0.330 e. The van der Waals surface area contributed by atoms with Gasteiger partial charge < -0.3 is 10.3 Å². The molecule has 2 aliphatic rings. The summed E-state index contributed by atoms with van der Waals surface area (Å²) in [6.07, 6.45) is 5.82. The second kappa shape index (κ2) is 4.45. The fraction of sp³-hybridized carbons (Fsp3) is 0.471. The van der Waals surface area contributed by atoms with E-state index in [9.17, 15) is 0 Å². The molecule has 1 atom stereocenters. The molecule has 0 radical (unpaired) electrons. The number of imidazole rings is 1. The van der Waals surface area contributed by atoms with Gasteiger partial charge in [-0.25, -0.2) is 4.98 Å². The monoisotopic (exact) mass is 267 g/mol. The third-order valence-electron chi connectivity index (χ3n) is 4.83. The van der Waals surface area contributed by atoms with Gasteiger partial charge in [-0.2, -0.15) is 0 Å². The first-order valence-electron chi connectivity index (χ1n) is 7.66. The Morgan fingerprint density at radius 2 is 2.05 bits per heavy atom. The second-order valence-corrected chi connectivity index (χ2v) is 6.21. The molecule has 1 unspecified atom stereocenters. The predicted molar refractivity (Wildman–Crippen MR) is 80.7 cm³/mol. The number of nitrogens with two attached hydrogens (primary N) is 1. The Bertz CT molecular complexity index is 669. The highest BCUT2D eigenvalue weighted by atomic mass is 15.1. The van der Waals surface area contributed by atoms with Gasteiger partial charge in [0.15, 0.2) is 0 Å². The van der Waals surface area contributed by atoms with Crippen LogP contribution in [-0.2, 0) is 25.8 Å². The quantitative estimate of drug-likeness (QED) is 0.863. The maximum atomic E-state index is 6.09. The summed E-state index contributed by atoms with van der Waals surface area (Å²) in [5, 5.41) is 0. The van der Waals surface area contributed by atoms with Crippen LogP contribution in [0.4, 0.5) is 0 Å². The molecule has 0 saturated carbocycles. The molecule has 4 rings (SSSR count). The van der Waals surface area contributed by atoms with E-state index in [1.807, 2.05) is 0 Å². The lowest BCUT2D eigenvalue weighted by atomic mass is 10.0. The minimum absolute atomic E-state index is 0.281. The molecular weight excluding hydrogens is 246 g/mol. The SMILES string of the molecule is Cc1c(-c2ccc3c(c2)CCC3)nc2n1CC(N)CC2. The van der Waals surface area contributed by atoms with Crippen molar-refractivity contribution in [3.8, 4) is 11.3 Å². The van der Waals surface area contributed by atoms with Crippen molar-refractivity contribution < 1.29 is 0 Å². The first kappa shape index (κ1) is 12.2. The average Bonchev–Trinajstić information content (AvgIpc) is 3.03. The first-order chi connectivity index (χ1) is 9.72. The Morgan fingerprint density at radius 1 is 1.20 bits per heavy atom. The Balaban J connectivity index is 1.79. The summed E-state index contributed by atoms with van der Waals surface area (Å²) in [7, 11) is 0. The van der Waals surface area contributed by atoms with Crippen LogP contribution < -0.4 is 5.73 Å². The van der Waals surface area contributed by atoms with E-state index in [4.69, 9.17) is 10.7 Å². The number of rotatable bonds is 1. The fourth-order valence-electron chi connectivity index (χ4n) is 3.66. The summed E-state index contributed by atoms with van der Waals surface area (Å²) in [6, 6.07) is 7.17. The van der Waals surface area contributed by atoms with Crippen LogP contribution in [0.5, 0.6) is 0 Å². The molecule has 0 spiro atoms. The van der Waals surface area contributed by atoms with Gasteiger partial charge >= 0.3 is 0 Å². The van der Waals surface area contributed by atoms with Crippen LogP contribution in [0, 0.1) is 6.92 Å². The molecule has 104 valence electrons. The van der Waals surface area contributed by atoms with Crippen LogP contribution in [0.1, 0.15) is 35.5 Å². The first-order valence-corrected chi connectivity index (χ1v) is 7.66. The van der Waals surface area contributed by atoms with Gasteiger partial charge in [0, 0.05) is 30.3 Å². The summed E-state index contributed by atoms with van der Waals surface area (Å²) in [5.41, 5.74) is 12.8. The molecule has 1 aromatic heterocycles. The third-order valence-corrected chi connectivity index (χ3v) is 4.83. The smallest absolute Gasteiger partial charge is 0.109 e. The van der Waals surface area contributed by atoms with Crippen molar-refractivity contribution in [3.63, 3.8) is 0 Å². The number of nitrogens with zero attached hydrogens (tertiary/aromatic N) is 2. The summed E-state index contributed by atoms with van der Waals surface area (Å²) >= 11 is 0. The number of hydrogen-bond donors (Lipinski definition) is 1. The number of benzene rings is 1. The van der Waals surface area contributed by atoms with Crippen LogP contribution in [0.15, 0.2) is 18.2 Å². The summed E-state index contributed by atoms with van der Waals surface area (Å²) in [4.78, 5) is 4.89. The molecule has 1 aliphatic carbocycles. The lowest BCUT2D eigenvalue weighted by molar-refractivity contribution is 0.448. The molecule has 0 saturated heterocycles. The van der Waals surface area contributed by atoms with E-state index in [1.54, 1.807) is 0 Å². The molecular formula is C17H21N3. The maximum absolute atomic E-state index is 6.09. The van der Waals surface area contributed by atoms with E-state index < -0.39 is 0 Å². The fourth-order valence-corrected chi connectivity index (χ4v) is 3.66. The molecule has 2 N–H and O–H groups in total. The zero-order chi connectivity index (χ0) is 13.7. The standard InChI is InChI=1S/C17H21N3/c1-11-17(19-16-8-7-15(18)10-20(11)16)14-6-5-12-3-2-4-13(12)9-14/h5-6,9,15H,2-4,7-8,10,18H2,1H3. The summed E-state index contributed by atoms with van der Waals surface area (Å²) in [5.74, 6) is 1.21. The van der Waals surface area contributed by atoms with E-state index in [1.165, 1.54) is 47.5 Å². The molecule has 1 aromatic carbocycles. The van der Waals surface area contributed by atoms with Crippen molar-refractivity contribution in [1.29, 1.82) is 0 Å². The van der Waals surface area contributed by atoms with E-state index in [0.717, 1.165) is 25.1 Å². The molecule has 3 nitrogen and oxygen atoms in total. The second-order valence-electron chi connectivity index (χ2n) is 6.21. The molecule has 3 heteroatoms. The number of aromatic nitrogens is 2. The third kappa shape index (κ3) is 1.80. The average molecular weight is 267 g/mol. The Hall–Kier alpha value is -1.61. The minimum atomic E-state index is 0.281. The Morgan fingerprint density at radius 3 is 2.95 bits per heavy atom. The number of hydrogen-bond acceptors (Lipinski definition) is 2. The van der Waals surface area contributed by atoms with Crippen LogP contribution in [0.3, 0.4) is 0 Å². The van der Waals surface area contributed by atoms with Crippen molar-refractivity contribution in [2.45, 2.75) is 51.6 Å². The van der Waals surface area contributed by atoms with Crippen molar-refractivity contribution >= 4 is 0 Å². The minimum Gasteiger partial charge on any atom is -0.330 e. The van der Waals surface area contributed by atoms with Gasteiger partial charge in [-0.3, -0.25) is 0 Å². The molecule has 2 heterocycles. The van der Waals surface area contributed by atoms with Crippen molar-refractivity contribution in [3.05, 3.63) is 40.8 Å². The van der Waals surface area contributed by atoms with Gasteiger partial charge in [-0.1, -0.05) is 12.1 Å². The van der Waals surface area contributed by atoms with Crippen LogP contribution in [0.25, 0.3) is 11.3 Å². The lowest BCUT2D eigenvalue weighted by Gasteiger charge is -2.21. The molecule has 1 aliphatic heterocycles. The topological polar surface area (TPSA) is 43.8 Å². The van der Waals surface area contributed by atoms with E-state index in [2.05, 4.69) is 29.7 Å². The Labute approximate surface area is 119 Å². The van der Waals surface area contributed by atoms with Crippen LogP contribution in [-0.4, -0.2) is 15.6 Å². The lowest BCUT2D eigenvalue weighted by Crippen LogP contribution is -2.32. The van der Waals surface area contributed by atoms with Crippen molar-refractivity contribution in [2.75, 3.05) is 0 Å². The number of fused-ring (bicyclic) bond motifs is 2. The van der Waals surface area contributed by atoms with E-state index >= 15 is 0 Å². The van der Waals surface area contributed by atoms with E-state index in [0.29, 0.717) is 0 Å². The highest BCUT2D eigenvalue weighted by Crippen LogP contribution is 2.31. The maximum Gasteiger partial charge on any atom is 0.109 e. The highest BCUT2D eigenvalue weighted by molar-refractivity contribution is 5.64. The predicted octanol–water partition coefficient (Wildman–Crippen LogP) is 2.62. The van der Waals surface area contributed by atoms with Crippen molar-refractivity contribution in [1.82, 2.24) is 9.55 Å². The van der Waals surface area contributed by atoms with Gasteiger partial charge in [-0.15, -0.1) is 0 Å². The Kier molecular flexibility index (Phi) is 2.71. The normalized spacial score (nSPS) is 20.8. The zero-order valence-electron chi connectivity index (χ0n) is 12.0. The van der Waals surface area contributed by atoms with Crippen LogP contribution in [0.2, 0.25) is 0 Å². The van der Waals surface area contributed by atoms with Crippen LogP contribution >= 0.6 is 0 Å². The molecule has 0 fully saturated rings. The highest BCUT2D eigenvalue weighted by Gasteiger charge is 2.22. The van der Waals surface area contributed by atoms with E-state index in [-0.39, 0.29) is 6.04 Å². The van der Waals surface area contributed by atoms with Gasteiger partial charge in [0.05, 0.1) is 5.69 Å². The summed E-state index contributed by atoms with van der Waals surface area (Å²) in [6.45, 7) is 3.09. The number of aryl methyl sites for hydroxylation is 3. The molecule has 0 amide bonds. The molecule has 0 bridgehead atoms. The molecule has 20 heavy (non-hydrogen) atoms. The van der Waals surface area contributed by atoms with Gasteiger partial charge in [0.25, 0.3) is 0 Å². The zero-order valence-corrected chi connectivity index (χ0v) is 12.0. The van der Waals surface area contributed by atoms with Gasteiger partial charge in [0.2, 0.25) is 0 Å². The van der Waals surface area contributed by atoms with Gasteiger partial charge in [-0.05, 0) is 49.8 Å². The van der Waals surface area contributed by atoms with Crippen molar-refractivity contribution in [2.24, 2.45) is 5.73 Å². The molecule has 2 aromatic rings. The summed E-state index contributed by atoms with van der Waals surface area (Å²) < 4.78 is 2.32. The van der Waals surface area contributed by atoms with Gasteiger partial charge in [0.1, 0.15) is 5.82 Å².